The van der Waals surface area contributed by atoms with Crippen molar-refractivity contribution in [2.45, 2.75) is 6.42 Å². The molecule has 3 aromatic carbocycles. The highest BCUT2D eigenvalue weighted by molar-refractivity contribution is 6.30. The zero-order chi connectivity index (χ0) is 17.1. The molecule has 4 nitrogen and oxygen atoms in total. The molecule has 0 heterocycles. The Balaban J connectivity index is 1.67. The molecule has 24 heavy (non-hydrogen) atoms. The van der Waals surface area contributed by atoms with Crippen molar-refractivity contribution in [3.8, 4) is 0 Å². The third-order valence-corrected chi connectivity index (χ3v) is 3.93. The van der Waals surface area contributed by atoms with Crippen LogP contribution in [-0.4, -0.2) is 6.54 Å². The summed E-state index contributed by atoms with van der Waals surface area (Å²) in [5.74, 6) is -0.288. The molecule has 0 aliphatic heterocycles. The van der Waals surface area contributed by atoms with Gasteiger partial charge in [0.1, 0.15) is 17.2 Å². The van der Waals surface area contributed by atoms with E-state index in [1.165, 1.54) is 6.07 Å². The topological polar surface area (TPSA) is 58.2 Å². The molecule has 3 aromatic rings. The Kier molecular flexibility index (Phi) is 4.62. The molecule has 0 spiro atoms. The lowest BCUT2D eigenvalue weighted by atomic mass is 10.1. The molecule has 0 aliphatic carbocycles. The predicted molar refractivity (Wildman–Crippen MR) is 94.7 cm³/mol. The fourth-order valence-electron chi connectivity index (χ4n) is 2.38. The predicted octanol–water partition coefficient (Wildman–Crippen LogP) is 3.47. The first-order valence-electron chi connectivity index (χ1n) is 7.39. The highest BCUT2D eigenvalue weighted by Crippen LogP contribution is 2.22. The summed E-state index contributed by atoms with van der Waals surface area (Å²) < 4.78 is 13.6. The van der Waals surface area contributed by atoms with Gasteiger partial charge in [-0.25, -0.2) is 4.39 Å². The fourth-order valence-corrected chi connectivity index (χ4v) is 2.51. The van der Waals surface area contributed by atoms with Crippen molar-refractivity contribution < 1.29 is 4.39 Å². The van der Waals surface area contributed by atoms with Crippen LogP contribution in [-0.2, 0) is 6.42 Å². The van der Waals surface area contributed by atoms with E-state index in [0.29, 0.717) is 29.2 Å². The van der Waals surface area contributed by atoms with Gasteiger partial charge in [0.15, 0.2) is 0 Å². The Morgan fingerprint density at radius 3 is 2.29 bits per heavy atom. The van der Waals surface area contributed by atoms with Gasteiger partial charge >= 0.3 is 0 Å². The first-order valence-corrected chi connectivity index (χ1v) is 7.77. The lowest BCUT2D eigenvalue weighted by molar-refractivity contribution is 0.610. The van der Waals surface area contributed by atoms with Crippen LogP contribution in [0.3, 0.4) is 0 Å². The van der Waals surface area contributed by atoms with Crippen molar-refractivity contribution in [3.63, 3.8) is 0 Å². The normalized spacial score (nSPS) is 10.8. The molecule has 0 saturated heterocycles. The van der Waals surface area contributed by atoms with Crippen molar-refractivity contribution >= 4 is 28.7 Å². The van der Waals surface area contributed by atoms with E-state index in [4.69, 9.17) is 11.6 Å². The van der Waals surface area contributed by atoms with Gasteiger partial charge in [0.2, 0.25) is 0 Å². The lowest BCUT2D eigenvalue weighted by Gasteiger charge is -2.15. The number of rotatable bonds is 6. The summed E-state index contributed by atoms with van der Waals surface area (Å²) in [7, 11) is 0. The standard InChI is InChI=1S/C18H14ClFN2O2/c19-12-5-7-13(8-6-12)22-16-15(17(23)18(16)24)21-10-9-11-3-1-2-4-14(11)20/h1-8,21-22H,9-10H2. The number of anilines is 3. The monoisotopic (exact) mass is 344 g/mol. The molecule has 0 unspecified atom stereocenters. The van der Waals surface area contributed by atoms with E-state index in [-0.39, 0.29) is 17.2 Å². The van der Waals surface area contributed by atoms with Crippen LogP contribution in [0.5, 0.6) is 0 Å². The van der Waals surface area contributed by atoms with E-state index >= 15 is 0 Å². The van der Waals surface area contributed by atoms with E-state index in [1.807, 2.05) is 0 Å². The Morgan fingerprint density at radius 1 is 0.917 bits per heavy atom. The summed E-state index contributed by atoms with van der Waals surface area (Å²) in [6.45, 7) is 0.348. The molecule has 6 heteroatoms. The summed E-state index contributed by atoms with van der Waals surface area (Å²) in [6, 6.07) is 13.2. The quantitative estimate of drug-likeness (QED) is 0.672. The van der Waals surface area contributed by atoms with Crippen LogP contribution in [0.15, 0.2) is 58.1 Å². The summed E-state index contributed by atoms with van der Waals surface area (Å²) >= 11 is 5.81. The van der Waals surface area contributed by atoms with Gasteiger partial charge in [-0.2, -0.15) is 0 Å². The average Bonchev–Trinajstić information content (AvgIpc) is 2.60. The Labute approximate surface area is 142 Å². The fraction of sp³-hybridized carbons (Fsp3) is 0.111. The second kappa shape index (κ2) is 6.84. The summed E-state index contributed by atoms with van der Waals surface area (Å²) in [5, 5.41) is 6.40. The van der Waals surface area contributed by atoms with Crippen LogP contribution in [0.2, 0.25) is 5.02 Å². The van der Waals surface area contributed by atoms with E-state index < -0.39 is 10.9 Å². The Morgan fingerprint density at radius 2 is 1.58 bits per heavy atom. The van der Waals surface area contributed by atoms with Gasteiger partial charge in [-0.1, -0.05) is 29.8 Å². The second-order valence-corrected chi connectivity index (χ2v) is 5.74. The Bertz CT molecular complexity index is 931. The lowest BCUT2D eigenvalue weighted by Crippen LogP contribution is -2.37. The van der Waals surface area contributed by atoms with Crippen LogP contribution in [0.25, 0.3) is 0 Å². The largest absolute Gasteiger partial charge is 0.380 e. The molecule has 3 rings (SSSR count). The second-order valence-electron chi connectivity index (χ2n) is 5.31. The SMILES string of the molecule is O=c1c(NCCc2ccccc2F)c(Nc2ccc(Cl)cc2)c1=O. The highest BCUT2D eigenvalue weighted by atomic mass is 35.5. The maximum Gasteiger partial charge on any atom is 0.253 e. The molecule has 0 saturated carbocycles. The zero-order valence-corrected chi connectivity index (χ0v) is 13.4. The molecular formula is C18H14ClFN2O2. The third-order valence-electron chi connectivity index (χ3n) is 3.68. The maximum atomic E-state index is 13.6. The molecule has 0 amide bonds. The zero-order valence-electron chi connectivity index (χ0n) is 12.6. The average molecular weight is 345 g/mol. The van der Waals surface area contributed by atoms with Gasteiger partial charge in [-0.05, 0) is 42.3 Å². The molecule has 2 N–H and O–H groups in total. The summed E-state index contributed by atoms with van der Waals surface area (Å²) in [4.78, 5) is 23.5. The number of nitrogens with one attached hydrogen (secondary N) is 2. The van der Waals surface area contributed by atoms with E-state index in [1.54, 1.807) is 42.5 Å². The van der Waals surface area contributed by atoms with Crippen LogP contribution < -0.4 is 21.5 Å². The van der Waals surface area contributed by atoms with Crippen molar-refractivity contribution in [3.05, 3.63) is 85.4 Å². The highest BCUT2D eigenvalue weighted by Gasteiger charge is 2.20. The molecule has 0 aliphatic rings. The van der Waals surface area contributed by atoms with Crippen molar-refractivity contribution in [1.29, 1.82) is 0 Å². The summed E-state index contributed by atoms with van der Waals surface area (Å²) in [5.41, 5.74) is 0.514. The molecule has 122 valence electrons. The van der Waals surface area contributed by atoms with Gasteiger partial charge in [0, 0.05) is 17.3 Å². The van der Waals surface area contributed by atoms with E-state index in [0.717, 1.165) is 0 Å². The van der Waals surface area contributed by atoms with Gasteiger partial charge < -0.3 is 10.6 Å². The molecule has 0 bridgehead atoms. The van der Waals surface area contributed by atoms with Crippen LogP contribution >= 0.6 is 11.6 Å². The molecule has 0 atom stereocenters. The first-order chi connectivity index (χ1) is 11.6. The minimum Gasteiger partial charge on any atom is -0.380 e. The number of hydrogen-bond acceptors (Lipinski definition) is 4. The number of benzene rings is 2. The van der Waals surface area contributed by atoms with Crippen molar-refractivity contribution in [1.82, 2.24) is 0 Å². The minimum absolute atomic E-state index is 0.218. The first kappa shape index (κ1) is 16.2. The van der Waals surface area contributed by atoms with Crippen LogP contribution in [0.1, 0.15) is 5.56 Å². The van der Waals surface area contributed by atoms with Gasteiger partial charge in [0.05, 0.1) is 0 Å². The third kappa shape index (κ3) is 3.31. The minimum atomic E-state index is -0.571. The van der Waals surface area contributed by atoms with Gasteiger partial charge in [0.25, 0.3) is 10.9 Å². The summed E-state index contributed by atoms with van der Waals surface area (Å²) in [6.07, 6.45) is 0.409. The maximum absolute atomic E-state index is 13.6. The van der Waals surface area contributed by atoms with Crippen molar-refractivity contribution in [2.24, 2.45) is 0 Å². The van der Waals surface area contributed by atoms with E-state index in [9.17, 15) is 14.0 Å². The van der Waals surface area contributed by atoms with Crippen molar-refractivity contribution in [2.75, 3.05) is 17.2 Å². The van der Waals surface area contributed by atoms with Gasteiger partial charge in [-0.3, -0.25) is 9.59 Å². The number of hydrogen-bond donors (Lipinski definition) is 2. The molecular weight excluding hydrogens is 331 g/mol. The van der Waals surface area contributed by atoms with Crippen LogP contribution in [0, 0.1) is 5.82 Å². The Hall–Kier alpha value is -2.66. The van der Waals surface area contributed by atoms with Crippen LogP contribution in [0.4, 0.5) is 21.5 Å². The number of halogens is 2. The van der Waals surface area contributed by atoms with Gasteiger partial charge in [-0.15, -0.1) is 0 Å². The van der Waals surface area contributed by atoms with E-state index in [2.05, 4.69) is 10.6 Å². The molecule has 0 fully saturated rings. The molecule has 0 radical (unpaired) electrons. The smallest absolute Gasteiger partial charge is 0.253 e. The molecule has 0 aromatic heterocycles.